The molecule has 1 saturated carbocycles. The average molecular weight is 1920 g/mol. The monoisotopic (exact) mass is 1920 g/mol. The second-order valence-electron chi connectivity index (χ2n) is 21.3. The Morgan fingerprint density at radius 2 is 0.807 bits per heavy atom. The Morgan fingerprint density at radius 3 is 1.08 bits per heavy atom. The SMILES string of the molecule is C=C(C)CCOP(=O)(OO[O-])[P+](=O)[O-].C=CC(O)(CCOP(=O)(O[O-])P(=O)([O-])[O-])CC(=O)[O-].CC(=O)O.CC(CCOP(=O)(OO[O-])[P+](=O)[O-])(CC(=O)[O-])OP(=O)([O-])[O-].CC(O)(CCOP(=O)(OO[O-])[P+](=O)[O-])CC(=O)[O-].C[C+](CCOP(=O)(OO[O-])[P+](=O)[O-])CC(=O)[O-].O=C([O-])CC(O)(CCOP(=O)(O[O-])P(=O)([O-])[O-])C1CC1. The minimum Gasteiger partial charge on any atom is -0.802 e. The van der Waals surface area contributed by atoms with E-state index in [-0.39, 0.29) is 31.8 Å². The maximum atomic E-state index is 11.4. The van der Waals surface area contributed by atoms with Crippen LogP contribution in [0.25, 0.3) is 0 Å². The van der Waals surface area contributed by atoms with Crippen molar-refractivity contribution in [3.8, 4) is 0 Å². The van der Waals surface area contributed by atoms with Crippen molar-refractivity contribution in [1.29, 1.82) is 0 Å². The maximum Gasteiger partial charge on any atom is 0.593 e. The van der Waals surface area contributed by atoms with E-state index in [4.69, 9.17) is 9.90 Å². The second kappa shape index (κ2) is 57.5. The lowest BCUT2D eigenvalue weighted by Gasteiger charge is -2.40. The molecule has 0 aromatic rings. The fourth-order valence-corrected chi connectivity index (χ4v) is 15.4. The summed E-state index contributed by atoms with van der Waals surface area (Å²) in [6.07, 6.45) is -3.65. The standard InChI is InChI=1S/C8H16O10P2.C7H14O10P2.C6H13O13P3.C6H12O10P2.C6H10O9P2.C5H10O7P2.C2H4O2/c9-7(10)5-8(11,6-1-2-6)3-4-17-20(16,18-12)19(13,14)15;1-2-7(10,5-6(8)9)3-4-16-19(15,17-11)18(12,13)14;1-6(4-5(7)8,17-21(12,13)14)2-3-16-22(15,19-18-9)20(10)11;1-6(9,4-5(7)8)2-3-14-18(13,16-15-10)17(11)12;1-5(4-6(7)8)2-3-13-17(12,15-14-9)16(10)11;1-5(2)3-4-10-14(9,12-11-6)13(7)8;1-2(3)4/h6,11-12H,1-5H2,(H,9,10)(H2,13,14,15);2,10-11H,1,3-5H2,(H,8,9)(H2,12,13,14);9H,2-4H2,1H3,(H,7,8)(H2,12,13,14);9-10H,2-4H2,1H3,(H,7,8);2-4H2,1H3,(H-,7,8,9);6H,1,3-4H2,2H3;1H3,(H,3,4)/p-16. The van der Waals surface area contributed by atoms with Gasteiger partial charge in [0, 0.05) is 96.7 Å². The predicted octanol–water partition coefficient (Wildman–Crippen LogP) is -12.9. The molecule has 14 atom stereocenters. The molecule has 14 unspecified atom stereocenters. The molecule has 4 N–H and O–H groups in total. The van der Waals surface area contributed by atoms with Crippen LogP contribution in [0.4, 0.5) is 0 Å². The number of hydrogen-bond acceptors (Lipinski definition) is 60. The number of carbonyl (C=O) groups excluding carboxylic acids is 5. The van der Waals surface area contributed by atoms with Crippen molar-refractivity contribution in [3.63, 3.8) is 0 Å². The minimum absolute atomic E-state index is 0.0172. The van der Waals surface area contributed by atoms with Crippen LogP contribution in [0, 0.1) is 11.8 Å². The van der Waals surface area contributed by atoms with Crippen LogP contribution < -0.4 is 106 Å². The first kappa shape index (κ1) is 122. The van der Waals surface area contributed by atoms with Crippen molar-refractivity contribution in [2.45, 2.75) is 140 Å². The molecule has 0 amide bonds. The number of carbonyl (C=O) groups is 6. The van der Waals surface area contributed by atoms with Gasteiger partial charge >= 0.3 is 74.6 Å². The summed E-state index contributed by atoms with van der Waals surface area (Å²) in [7, 11) is -62.0. The molecule has 74 heteroatoms. The zero-order chi connectivity index (χ0) is 91.2. The van der Waals surface area contributed by atoms with E-state index in [0.717, 1.165) is 26.8 Å². The molecule has 1 aliphatic carbocycles. The molecule has 0 saturated heterocycles. The van der Waals surface area contributed by atoms with Crippen LogP contribution >= 0.6 is 97.0 Å². The highest BCUT2D eigenvalue weighted by Gasteiger charge is 2.47. The van der Waals surface area contributed by atoms with Gasteiger partial charge in [-0.3, -0.25) is 52.2 Å². The summed E-state index contributed by atoms with van der Waals surface area (Å²) >= 11 is 0. The van der Waals surface area contributed by atoms with Crippen molar-refractivity contribution >= 4 is 133 Å². The third-order valence-electron chi connectivity index (χ3n) is 11.5. The first-order valence-electron chi connectivity index (χ1n) is 28.3. The molecule has 1 rings (SSSR count). The van der Waals surface area contributed by atoms with Crippen LogP contribution in [0.15, 0.2) is 24.8 Å². The number of hydrogen-bond donors (Lipinski definition) is 4. The Labute approximate surface area is 641 Å². The van der Waals surface area contributed by atoms with Gasteiger partial charge < -0.3 is 187 Å². The molecule has 0 heterocycles. The van der Waals surface area contributed by atoms with Gasteiger partial charge in [0.15, 0.2) is 0 Å². The molecule has 0 bridgehead atoms. The van der Waals surface area contributed by atoms with Crippen molar-refractivity contribution in [2.75, 3.05) is 39.6 Å². The van der Waals surface area contributed by atoms with E-state index in [1.54, 1.807) is 6.92 Å². The van der Waals surface area contributed by atoms with Crippen molar-refractivity contribution in [1.82, 2.24) is 0 Å². The number of aliphatic hydroxyl groups is 3. The van der Waals surface area contributed by atoms with E-state index in [1.165, 1.54) is 6.92 Å². The first-order valence-corrected chi connectivity index (χ1v) is 51.1. The average Bonchev–Trinajstić information content (AvgIpc) is 1.54. The van der Waals surface area contributed by atoms with E-state index >= 15 is 0 Å². The number of carboxylic acid groups (broad SMARTS) is 6. The molecule has 0 spiro atoms. The Bertz CT molecular complexity index is 3540. The Kier molecular flexibility index (Phi) is 61.5. The normalized spacial score (nSPS) is 17.9. The van der Waals surface area contributed by atoms with Crippen LogP contribution in [-0.4, -0.2) is 118 Å². The lowest BCUT2D eigenvalue weighted by molar-refractivity contribution is -0.780. The zero-order valence-corrected chi connectivity index (χ0v) is 69.5. The molecule has 0 radical (unpaired) electrons. The van der Waals surface area contributed by atoms with E-state index in [0.29, 0.717) is 30.8 Å². The lowest BCUT2D eigenvalue weighted by Crippen LogP contribution is -2.40. The molecule has 114 heavy (non-hydrogen) atoms. The quantitative estimate of drug-likeness (QED) is 0.0144. The summed E-state index contributed by atoms with van der Waals surface area (Å²) in [6.45, 7) is 9.08. The van der Waals surface area contributed by atoms with Gasteiger partial charge in [0.1, 0.15) is 19.4 Å². The van der Waals surface area contributed by atoms with Crippen molar-refractivity contribution in [3.05, 3.63) is 30.7 Å². The van der Waals surface area contributed by atoms with Crippen LogP contribution in [0.2, 0.25) is 0 Å². The van der Waals surface area contributed by atoms with E-state index in [9.17, 15) is 205 Å². The summed E-state index contributed by atoms with van der Waals surface area (Å²) in [5.74, 6) is -8.54. The second-order valence-corrected chi connectivity index (χ2v) is 49.9. The first-order chi connectivity index (χ1) is 51.5. The van der Waals surface area contributed by atoms with Gasteiger partial charge in [-0.15, -0.1) is 31.9 Å². The van der Waals surface area contributed by atoms with Crippen LogP contribution in [0.1, 0.15) is 118 Å². The third-order valence-corrected chi connectivity index (χ3v) is 31.0. The van der Waals surface area contributed by atoms with Crippen molar-refractivity contribution < 1.29 is 294 Å². The maximum absolute atomic E-state index is 11.4. The topological polar surface area (TPSA) is 1050 Å². The molecule has 670 valence electrons. The Hall–Kier alpha value is -2.80. The van der Waals surface area contributed by atoms with Gasteiger partial charge in [-0.05, 0) is 46.0 Å². The lowest BCUT2D eigenvalue weighted by atomic mass is 9.90. The van der Waals surface area contributed by atoms with Gasteiger partial charge in [0.2, 0.25) is 0 Å². The van der Waals surface area contributed by atoms with E-state index < -0.39 is 233 Å². The summed E-state index contributed by atoms with van der Waals surface area (Å²) < 4.78 is 190. The van der Waals surface area contributed by atoms with Gasteiger partial charge in [-0.1, -0.05) is 29.9 Å². The number of phosphoric acid groups is 1. The fourth-order valence-electron chi connectivity index (χ4n) is 6.20. The summed E-state index contributed by atoms with van der Waals surface area (Å²) in [6, 6.07) is 0. The molecule has 1 fully saturated rings. The van der Waals surface area contributed by atoms with Gasteiger partial charge in [-0.25, -0.2) is 18.3 Å². The number of aliphatic carboxylic acids is 6. The smallest absolute Gasteiger partial charge is 0.593 e. The van der Waals surface area contributed by atoms with Crippen LogP contribution in [0.5, 0.6) is 0 Å². The Balaban J connectivity index is -0.000000305. The number of rotatable bonds is 54. The van der Waals surface area contributed by atoms with E-state index in [1.807, 2.05) is 0 Å². The number of phosphoric ester groups is 1. The van der Waals surface area contributed by atoms with Crippen LogP contribution in [0.3, 0.4) is 0 Å². The summed E-state index contributed by atoms with van der Waals surface area (Å²) in [5.41, 5.74) is -6.97. The van der Waals surface area contributed by atoms with Gasteiger partial charge in [-0.2, -0.15) is 0 Å². The molecular formula is C40H63O61P13-16. The van der Waals surface area contributed by atoms with E-state index in [2.05, 4.69) is 93.0 Å². The van der Waals surface area contributed by atoms with Gasteiger partial charge in [0.05, 0.1) is 82.1 Å². The van der Waals surface area contributed by atoms with Crippen molar-refractivity contribution in [2.24, 2.45) is 5.92 Å². The largest absolute Gasteiger partial charge is 0.802 e. The molecular weight excluding hydrogens is 1860 g/mol. The predicted molar refractivity (Wildman–Crippen MR) is 311 cm³/mol. The molecule has 1 aliphatic rings. The number of carboxylic acids is 6. The summed E-state index contributed by atoms with van der Waals surface area (Å²) in [4.78, 5) is 166. The fraction of sp³-hybridized carbons (Fsp3) is 0.725. The highest BCUT2D eigenvalue weighted by Crippen LogP contribution is 2.74. The molecule has 0 aromatic carbocycles. The third kappa shape index (κ3) is 57.4. The molecule has 61 nitrogen and oxygen atoms in total. The summed E-state index contributed by atoms with van der Waals surface area (Å²) in [5, 5.41) is 158. The Morgan fingerprint density at radius 1 is 0.491 bits per heavy atom. The minimum atomic E-state index is -5.94. The van der Waals surface area contributed by atoms with Crippen LogP contribution in [-0.2, 0) is 168 Å². The zero-order valence-electron chi connectivity index (χ0n) is 57.9. The highest BCUT2D eigenvalue weighted by atomic mass is 32.1. The highest BCUT2D eigenvalue weighted by molar-refractivity contribution is 8.26. The molecule has 0 aliphatic heterocycles. The van der Waals surface area contributed by atoms with Gasteiger partial charge in [0.25, 0.3) is 5.97 Å². The molecule has 0 aromatic heterocycles.